The summed E-state index contributed by atoms with van der Waals surface area (Å²) in [5, 5.41) is 4.03. The lowest BCUT2D eigenvalue weighted by Gasteiger charge is -2.20. The Morgan fingerprint density at radius 3 is 2.57 bits per heavy atom. The Morgan fingerprint density at radius 2 is 2.07 bits per heavy atom. The molecule has 0 amide bonds. The molecule has 0 saturated carbocycles. The van der Waals surface area contributed by atoms with Crippen molar-refractivity contribution in [3.05, 3.63) is 28.8 Å². The van der Waals surface area contributed by atoms with E-state index >= 15 is 0 Å². The molecule has 0 aromatic heterocycles. The van der Waals surface area contributed by atoms with Crippen molar-refractivity contribution in [1.29, 1.82) is 0 Å². The summed E-state index contributed by atoms with van der Waals surface area (Å²) < 4.78 is 0. The van der Waals surface area contributed by atoms with Crippen molar-refractivity contribution in [2.45, 2.75) is 26.3 Å². The van der Waals surface area contributed by atoms with E-state index in [0.717, 1.165) is 22.8 Å². The van der Waals surface area contributed by atoms with Gasteiger partial charge in [0.1, 0.15) is 0 Å². The number of nitrogens with one attached hydrogen (secondary N) is 1. The number of hydrogen-bond donors (Lipinski definition) is 2. The molecule has 1 rings (SSSR count). The number of aryl methyl sites for hydroxylation is 1. The van der Waals surface area contributed by atoms with Gasteiger partial charge in [0.25, 0.3) is 0 Å². The maximum absolute atomic E-state index is 5.99. The van der Waals surface area contributed by atoms with Crippen LogP contribution in [0, 0.1) is 6.92 Å². The van der Waals surface area contributed by atoms with Gasteiger partial charge in [-0.05, 0) is 38.5 Å². The highest BCUT2D eigenvalue weighted by Gasteiger charge is 2.09. The van der Waals surface area contributed by atoms with Gasteiger partial charge in [-0.3, -0.25) is 0 Å². The van der Waals surface area contributed by atoms with E-state index in [2.05, 4.69) is 5.32 Å². The fraction of sp³-hybridized carbons (Fsp3) is 0.455. The van der Waals surface area contributed by atoms with Crippen LogP contribution in [0.5, 0.6) is 0 Å². The Balaban J connectivity index is 2.65. The van der Waals surface area contributed by atoms with Gasteiger partial charge in [-0.2, -0.15) is 0 Å². The van der Waals surface area contributed by atoms with E-state index in [1.807, 2.05) is 39.0 Å². The standard InChI is InChI=1S/C11H17ClN2/c1-8-4-5-9(6-10(8)12)14-7-11(2,3)13/h4-6,14H,7,13H2,1-3H3. The molecule has 0 aliphatic rings. The molecule has 0 bridgehead atoms. The van der Waals surface area contributed by atoms with Crippen LogP contribution < -0.4 is 11.1 Å². The lowest BCUT2D eigenvalue weighted by Crippen LogP contribution is -2.39. The zero-order valence-electron chi connectivity index (χ0n) is 8.89. The Kier molecular flexibility index (Phi) is 3.40. The van der Waals surface area contributed by atoms with E-state index in [1.54, 1.807) is 0 Å². The molecule has 0 aliphatic carbocycles. The lowest BCUT2D eigenvalue weighted by molar-refractivity contribution is 0.549. The van der Waals surface area contributed by atoms with E-state index in [-0.39, 0.29) is 5.54 Å². The minimum Gasteiger partial charge on any atom is -0.383 e. The Hall–Kier alpha value is -0.730. The first-order valence-corrected chi connectivity index (χ1v) is 5.05. The number of halogens is 1. The topological polar surface area (TPSA) is 38.0 Å². The number of anilines is 1. The molecular formula is C11H17ClN2. The molecular weight excluding hydrogens is 196 g/mol. The maximum Gasteiger partial charge on any atom is 0.0455 e. The quantitative estimate of drug-likeness (QED) is 0.809. The van der Waals surface area contributed by atoms with Crippen LogP contribution >= 0.6 is 11.6 Å². The van der Waals surface area contributed by atoms with Gasteiger partial charge in [0.15, 0.2) is 0 Å². The van der Waals surface area contributed by atoms with Crippen LogP contribution in [-0.4, -0.2) is 12.1 Å². The van der Waals surface area contributed by atoms with Crippen LogP contribution in [0.2, 0.25) is 5.02 Å². The van der Waals surface area contributed by atoms with Crippen molar-refractivity contribution in [1.82, 2.24) is 0 Å². The minimum absolute atomic E-state index is 0.211. The second kappa shape index (κ2) is 4.20. The number of rotatable bonds is 3. The average molecular weight is 213 g/mol. The molecule has 0 heterocycles. The van der Waals surface area contributed by atoms with Crippen LogP contribution in [0.4, 0.5) is 5.69 Å². The zero-order chi connectivity index (χ0) is 10.8. The Morgan fingerprint density at radius 1 is 1.43 bits per heavy atom. The van der Waals surface area contributed by atoms with Gasteiger partial charge in [0, 0.05) is 22.8 Å². The molecule has 0 spiro atoms. The van der Waals surface area contributed by atoms with Crippen molar-refractivity contribution in [3.8, 4) is 0 Å². The molecule has 78 valence electrons. The molecule has 0 atom stereocenters. The highest BCUT2D eigenvalue weighted by molar-refractivity contribution is 6.31. The summed E-state index contributed by atoms with van der Waals surface area (Å²) in [7, 11) is 0. The second-order valence-corrected chi connectivity index (χ2v) is 4.71. The van der Waals surface area contributed by atoms with Gasteiger partial charge < -0.3 is 11.1 Å². The third-order valence-electron chi connectivity index (χ3n) is 1.92. The van der Waals surface area contributed by atoms with Crippen LogP contribution in [0.15, 0.2) is 18.2 Å². The molecule has 1 aromatic rings. The smallest absolute Gasteiger partial charge is 0.0455 e. The largest absolute Gasteiger partial charge is 0.383 e. The summed E-state index contributed by atoms with van der Waals surface area (Å²) >= 11 is 5.99. The lowest BCUT2D eigenvalue weighted by atomic mass is 10.1. The first-order chi connectivity index (χ1) is 6.38. The van der Waals surface area contributed by atoms with Crippen molar-refractivity contribution < 1.29 is 0 Å². The third-order valence-corrected chi connectivity index (χ3v) is 2.33. The molecule has 3 heteroatoms. The molecule has 2 nitrogen and oxygen atoms in total. The second-order valence-electron chi connectivity index (χ2n) is 4.31. The van der Waals surface area contributed by atoms with Crippen molar-refractivity contribution in [2.75, 3.05) is 11.9 Å². The summed E-state index contributed by atoms with van der Waals surface area (Å²) in [6, 6.07) is 5.92. The third kappa shape index (κ3) is 3.56. The van der Waals surface area contributed by atoms with Crippen LogP contribution in [-0.2, 0) is 0 Å². The SMILES string of the molecule is Cc1ccc(NCC(C)(C)N)cc1Cl. The molecule has 3 N–H and O–H groups in total. The van der Waals surface area contributed by atoms with Crippen LogP contribution in [0.25, 0.3) is 0 Å². The monoisotopic (exact) mass is 212 g/mol. The summed E-state index contributed by atoms with van der Waals surface area (Å²) in [6.45, 7) is 6.68. The van der Waals surface area contributed by atoms with Crippen molar-refractivity contribution in [3.63, 3.8) is 0 Å². The molecule has 14 heavy (non-hydrogen) atoms. The van der Waals surface area contributed by atoms with Crippen LogP contribution in [0.1, 0.15) is 19.4 Å². The first-order valence-electron chi connectivity index (χ1n) is 4.67. The summed E-state index contributed by atoms with van der Waals surface area (Å²) in [5.41, 5.74) is 7.75. The first kappa shape index (κ1) is 11.3. The van der Waals surface area contributed by atoms with E-state index < -0.39 is 0 Å². The summed E-state index contributed by atoms with van der Waals surface area (Å²) in [4.78, 5) is 0. The Bertz CT molecular complexity index is 316. The number of hydrogen-bond acceptors (Lipinski definition) is 2. The predicted octanol–water partition coefficient (Wildman–Crippen LogP) is 2.80. The molecule has 0 radical (unpaired) electrons. The van der Waals surface area contributed by atoms with Gasteiger partial charge in [-0.1, -0.05) is 17.7 Å². The van der Waals surface area contributed by atoms with E-state index in [9.17, 15) is 0 Å². The fourth-order valence-corrected chi connectivity index (χ4v) is 1.21. The van der Waals surface area contributed by atoms with E-state index in [4.69, 9.17) is 17.3 Å². The molecule has 1 aromatic carbocycles. The zero-order valence-corrected chi connectivity index (χ0v) is 9.65. The normalized spacial score (nSPS) is 11.5. The fourth-order valence-electron chi connectivity index (χ4n) is 1.03. The highest BCUT2D eigenvalue weighted by atomic mass is 35.5. The predicted molar refractivity (Wildman–Crippen MR) is 62.9 cm³/mol. The summed E-state index contributed by atoms with van der Waals surface area (Å²) in [5.74, 6) is 0. The number of benzene rings is 1. The molecule has 0 unspecified atom stereocenters. The van der Waals surface area contributed by atoms with E-state index in [1.165, 1.54) is 0 Å². The molecule has 0 saturated heterocycles. The minimum atomic E-state index is -0.211. The van der Waals surface area contributed by atoms with Gasteiger partial charge in [-0.15, -0.1) is 0 Å². The maximum atomic E-state index is 5.99. The van der Waals surface area contributed by atoms with Gasteiger partial charge in [-0.25, -0.2) is 0 Å². The van der Waals surface area contributed by atoms with E-state index in [0.29, 0.717) is 0 Å². The molecule has 0 aliphatic heterocycles. The van der Waals surface area contributed by atoms with Gasteiger partial charge in [0.2, 0.25) is 0 Å². The van der Waals surface area contributed by atoms with Crippen molar-refractivity contribution >= 4 is 17.3 Å². The van der Waals surface area contributed by atoms with Gasteiger partial charge >= 0.3 is 0 Å². The average Bonchev–Trinajstić information content (AvgIpc) is 2.06. The number of nitrogens with two attached hydrogens (primary N) is 1. The highest BCUT2D eigenvalue weighted by Crippen LogP contribution is 2.20. The van der Waals surface area contributed by atoms with Crippen molar-refractivity contribution in [2.24, 2.45) is 5.73 Å². The van der Waals surface area contributed by atoms with Gasteiger partial charge in [0.05, 0.1) is 0 Å². The molecule has 0 fully saturated rings. The van der Waals surface area contributed by atoms with Crippen LogP contribution in [0.3, 0.4) is 0 Å². The Labute approximate surface area is 90.4 Å². The summed E-state index contributed by atoms with van der Waals surface area (Å²) in [6.07, 6.45) is 0.